The molecule has 2 rings (SSSR count). The number of hydrogen-bond acceptors (Lipinski definition) is 3. The summed E-state index contributed by atoms with van der Waals surface area (Å²) in [5, 5.41) is 2.69. The Kier molecular flexibility index (Phi) is 4.16. The SMILES string of the molecule is O=C1NCCN1c1cccc(NS(=O)(=O)CCCl)c1. The third-order valence-corrected chi connectivity index (χ3v) is 4.34. The average molecular weight is 304 g/mol. The number of urea groups is 1. The van der Waals surface area contributed by atoms with E-state index in [0.29, 0.717) is 24.5 Å². The Hall–Kier alpha value is -1.47. The molecule has 1 fully saturated rings. The van der Waals surface area contributed by atoms with E-state index < -0.39 is 10.0 Å². The molecule has 0 bridgehead atoms. The average Bonchev–Trinajstić information content (AvgIpc) is 2.75. The van der Waals surface area contributed by atoms with Gasteiger partial charge in [0, 0.05) is 24.7 Å². The summed E-state index contributed by atoms with van der Waals surface area (Å²) in [6.07, 6.45) is 0. The topological polar surface area (TPSA) is 78.5 Å². The van der Waals surface area contributed by atoms with E-state index >= 15 is 0 Å². The lowest BCUT2D eigenvalue weighted by Crippen LogP contribution is -2.27. The molecule has 0 aromatic heterocycles. The summed E-state index contributed by atoms with van der Waals surface area (Å²) in [4.78, 5) is 13.1. The molecular weight excluding hydrogens is 290 g/mol. The summed E-state index contributed by atoms with van der Waals surface area (Å²) < 4.78 is 25.6. The van der Waals surface area contributed by atoms with Gasteiger partial charge in [-0.05, 0) is 18.2 Å². The van der Waals surface area contributed by atoms with Gasteiger partial charge in [-0.3, -0.25) is 9.62 Å². The highest BCUT2D eigenvalue weighted by atomic mass is 35.5. The van der Waals surface area contributed by atoms with Crippen LogP contribution < -0.4 is 14.9 Å². The van der Waals surface area contributed by atoms with Gasteiger partial charge < -0.3 is 5.32 Å². The highest BCUT2D eigenvalue weighted by molar-refractivity contribution is 7.92. The Balaban J connectivity index is 2.18. The van der Waals surface area contributed by atoms with Crippen molar-refractivity contribution < 1.29 is 13.2 Å². The number of anilines is 2. The standard InChI is InChI=1S/C11H14ClN3O3S/c12-4-7-19(17,18)14-9-2-1-3-10(8-9)15-6-5-13-11(15)16/h1-3,8,14H,4-7H2,(H,13,16). The monoisotopic (exact) mass is 303 g/mol. The second kappa shape index (κ2) is 5.66. The third kappa shape index (κ3) is 3.51. The maximum Gasteiger partial charge on any atom is 0.321 e. The molecule has 6 nitrogen and oxygen atoms in total. The molecule has 0 aliphatic carbocycles. The second-order valence-corrected chi connectivity index (χ2v) is 6.26. The van der Waals surface area contributed by atoms with Crippen molar-refractivity contribution in [1.29, 1.82) is 0 Å². The van der Waals surface area contributed by atoms with Crippen molar-refractivity contribution in [1.82, 2.24) is 5.32 Å². The van der Waals surface area contributed by atoms with E-state index in [1.807, 2.05) is 0 Å². The number of alkyl halides is 1. The molecule has 1 aliphatic rings. The fourth-order valence-electron chi connectivity index (χ4n) is 1.79. The number of benzene rings is 1. The largest absolute Gasteiger partial charge is 0.336 e. The van der Waals surface area contributed by atoms with Gasteiger partial charge in [0.1, 0.15) is 0 Å². The van der Waals surface area contributed by atoms with Gasteiger partial charge in [0.05, 0.1) is 11.4 Å². The van der Waals surface area contributed by atoms with Crippen LogP contribution in [0.1, 0.15) is 0 Å². The number of carbonyl (C=O) groups is 1. The first kappa shape index (κ1) is 14.0. The van der Waals surface area contributed by atoms with Gasteiger partial charge in [0.2, 0.25) is 10.0 Å². The van der Waals surface area contributed by atoms with E-state index in [-0.39, 0.29) is 17.7 Å². The van der Waals surface area contributed by atoms with Gasteiger partial charge in [-0.15, -0.1) is 11.6 Å². The first-order valence-electron chi connectivity index (χ1n) is 5.74. The van der Waals surface area contributed by atoms with Crippen LogP contribution >= 0.6 is 11.6 Å². The first-order chi connectivity index (χ1) is 9.02. The van der Waals surface area contributed by atoms with E-state index in [0.717, 1.165) is 0 Å². The molecule has 1 saturated heterocycles. The van der Waals surface area contributed by atoms with Crippen molar-refractivity contribution >= 4 is 39.0 Å². The summed E-state index contributed by atoms with van der Waals surface area (Å²) in [6.45, 7) is 1.15. The number of amides is 2. The Labute approximate surface area is 116 Å². The van der Waals surface area contributed by atoms with Crippen LogP contribution in [0.25, 0.3) is 0 Å². The highest BCUT2D eigenvalue weighted by Crippen LogP contribution is 2.21. The van der Waals surface area contributed by atoms with E-state index in [9.17, 15) is 13.2 Å². The Morgan fingerprint density at radius 2 is 2.21 bits per heavy atom. The zero-order valence-electron chi connectivity index (χ0n) is 10.1. The Morgan fingerprint density at radius 1 is 1.42 bits per heavy atom. The molecule has 8 heteroatoms. The smallest absolute Gasteiger partial charge is 0.321 e. The van der Waals surface area contributed by atoms with Crippen LogP contribution in [0.3, 0.4) is 0 Å². The van der Waals surface area contributed by atoms with Crippen LogP contribution in [0.5, 0.6) is 0 Å². The van der Waals surface area contributed by atoms with Crippen LogP contribution in [0.2, 0.25) is 0 Å². The lowest BCUT2D eigenvalue weighted by Gasteiger charge is -2.15. The molecule has 1 aromatic rings. The molecule has 0 unspecified atom stereocenters. The highest BCUT2D eigenvalue weighted by Gasteiger charge is 2.21. The van der Waals surface area contributed by atoms with Crippen molar-refractivity contribution in [3.63, 3.8) is 0 Å². The molecule has 1 aliphatic heterocycles. The number of nitrogens with one attached hydrogen (secondary N) is 2. The van der Waals surface area contributed by atoms with E-state index in [1.54, 1.807) is 29.2 Å². The van der Waals surface area contributed by atoms with E-state index in [4.69, 9.17) is 11.6 Å². The van der Waals surface area contributed by atoms with E-state index in [1.165, 1.54) is 0 Å². The predicted molar refractivity (Wildman–Crippen MR) is 75.3 cm³/mol. The second-order valence-electron chi connectivity index (χ2n) is 4.04. The minimum absolute atomic E-state index is 0.0313. The maximum atomic E-state index is 11.6. The minimum atomic E-state index is -3.44. The number of hydrogen-bond donors (Lipinski definition) is 2. The first-order valence-corrected chi connectivity index (χ1v) is 7.92. The molecule has 0 atom stereocenters. The summed E-state index contributed by atoms with van der Waals surface area (Å²) in [5.41, 5.74) is 1.07. The van der Waals surface area contributed by atoms with E-state index in [2.05, 4.69) is 10.0 Å². The fourth-order valence-corrected chi connectivity index (χ4v) is 3.19. The van der Waals surface area contributed by atoms with Gasteiger partial charge in [-0.2, -0.15) is 0 Å². The van der Waals surface area contributed by atoms with Crippen LogP contribution in [-0.4, -0.2) is 39.2 Å². The lowest BCUT2D eigenvalue weighted by atomic mass is 10.2. The summed E-state index contributed by atoms with van der Waals surface area (Å²) in [5.74, 6) is -0.119. The van der Waals surface area contributed by atoms with Gasteiger partial charge in [0.15, 0.2) is 0 Å². The fraction of sp³-hybridized carbons (Fsp3) is 0.364. The van der Waals surface area contributed by atoms with Gasteiger partial charge in [-0.25, -0.2) is 13.2 Å². The molecule has 1 aromatic carbocycles. The van der Waals surface area contributed by atoms with Crippen molar-refractivity contribution in [2.24, 2.45) is 0 Å². The molecular formula is C11H14ClN3O3S. The molecule has 0 spiro atoms. The van der Waals surface area contributed by atoms with Crippen molar-refractivity contribution in [2.75, 3.05) is 34.3 Å². The van der Waals surface area contributed by atoms with Crippen molar-refractivity contribution in [2.45, 2.75) is 0 Å². The number of sulfonamides is 1. The molecule has 2 amide bonds. The molecule has 0 saturated carbocycles. The number of nitrogens with zero attached hydrogens (tertiary/aromatic N) is 1. The van der Waals surface area contributed by atoms with Crippen LogP contribution in [-0.2, 0) is 10.0 Å². The number of carbonyl (C=O) groups excluding carboxylic acids is 1. The lowest BCUT2D eigenvalue weighted by molar-refractivity contribution is 0.252. The molecule has 0 radical (unpaired) electrons. The summed E-state index contributed by atoms with van der Waals surface area (Å²) >= 11 is 5.43. The van der Waals surface area contributed by atoms with Crippen LogP contribution in [0.4, 0.5) is 16.2 Å². The zero-order chi connectivity index (χ0) is 13.9. The summed E-state index contributed by atoms with van der Waals surface area (Å²) in [7, 11) is -3.44. The van der Waals surface area contributed by atoms with Crippen molar-refractivity contribution in [3.8, 4) is 0 Å². The third-order valence-electron chi connectivity index (χ3n) is 2.63. The van der Waals surface area contributed by atoms with Crippen molar-refractivity contribution in [3.05, 3.63) is 24.3 Å². The Morgan fingerprint density at radius 3 is 2.84 bits per heavy atom. The molecule has 104 valence electrons. The zero-order valence-corrected chi connectivity index (χ0v) is 11.7. The maximum absolute atomic E-state index is 11.6. The molecule has 1 heterocycles. The van der Waals surface area contributed by atoms with Crippen LogP contribution in [0, 0.1) is 0 Å². The quantitative estimate of drug-likeness (QED) is 0.802. The Bertz CT molecular complexity index is 576. The normalized spacial score (nSPS) is 15.4. The molecule has 19 heavy (non-hydrogen) atoms. The predicted octanol–water partition coefficient (Wildman–Crippen LogP) is 1.20. The van der Waals surface area contributed by atoms with Gasteiger partial charge in [-0.1, -0.05) is 6.07 Å². The minimum Gasteiger partial charge on any atom is -0.336 e. The summed E-state index contributed by atoms with van der Waals surface area (Å²) in [6, 6.07) is 6.52. The van der Waals surface area contributed by atoms with Crippen LogP contribution in [0.15, 0.2) is 24.3 Å². The van der Waals surface area contributed by atoms with Gasteiger partial charge >= 0.3 is 6.03 Å². The number of rotatable bonds is 5. The number of halogens is 1. The van der Waals surface area contributed by atoms with Gasteiger partial charge in [0.25, 0.3) is 0 Å². The molecule has 2 N–H and O–H groups in total.